The Hall–Kier alpha value is -6.90. The molecule has 240 valence electrons. The van der Waals surface area contributed by atoms with E-state index in [4.69, 9.17) is 0 Å². The summed E-state index contributed by atoms with van der Waals surface area (Å²) in [6, 6.07) is 67.1. The van der Waals surface area contributed by atoms with E-state index < -0.39 is 0 Å². The number of hydrogen-bond donors (Lipinski definition) is 0. The van der Waals surface area contributed by atoms with Crippen molar-refractivity contribution in [1.29, 1.82) is 0 Å². The molecule has 0 saturated carbocycles. The molecule has 0 atom stereocenters. The zero-order chi connectivity index (χ0) is 33.9. The molecule has 0 amide bonds. The van der Waals surface area contributed by atoms with Gasteiger partial charge >= 0.3 is 0 Å². The minimum Gasteiger partial charge on any atom is -0.309 e. The molecular formula is C50H30N2. The lowest BCUT2D eigenvalue weighted by molar-refractivity contribution is 1.18. The lowest BCUT2D eigenvalue weighted by Gasteiger charge is -2.13. The standard InChI is InChI=1S/C50H30N2/c1-2-14-34(15-3-1)52-49-37-16-5-4-11-31(37)25-28-40(49)41-29-30-45-48(50(41)52)42-17-6-7-22-44(42)51(45)35-26-23-32(24-27-35)36-18-10-20-39-38-19-8-12-33-13-9-21-43(46(33)38)47(36)39/h1-30H. The molecule has 0 radical (unpaired) electrons. The first-order valence-electron chi connectivity index (χ1n) is 18.0. The van der Waals surface area contributed by atoms with E-state index in [1.54, 1.807) is 0 Å². The highest BCUT2D eigenvalue weighted by Gasteiger charge is 2.25. The minimum atomic E-state index is 1.15. The van der Waals surface area contributed by atoms with Gasteiger partial charge in [0.2, 0.25) is 0 Å². The lowest BCUT2D eigenvalue weighted by Crippen LogP contribution is -1.96. The Balaban J connectivity index is 1.11. The molecule has 0 spiro atoms. The van der Waals surface area contributed by atoms with E-state index in [2.05, 4.69) is 191 Å². The van der Waals surface area contributed by atoms with Crippen LogP contribution in [0.1, 0.15) is 0 Å². The van der Waals surface area contributed by atoms with Gasteiger partial charge in [0, 0.05) is 38.3 Å². The van der Waals surface area contributed by atoms with Crippen molar-refractivity contribution in [3.05, 3.63) is 182 Å². The van der Waals surface area contributed by atoms with Crippen LogP contribution in [0.4, 0.5) is 0 Å². The van der Waals surface area contributed by atoms with Gasteiger partial charge in [0.05, 0.1) is 22.1 Å². The van der Waals surface area contributed by atoms with Gasteiger partial charge < -0.3 is 9.13 Å². The highest BCUT2D eigenvalue weighted by Crippen LogP contribution is 2.51. The monoisotopic (exact) mass is 658 g/mol. The highest BCUT2D eigenvalue weighted by molar-refractivity contribution is 6.29. The summed E-state index contributed by atoms with van der Waals surface area (Å²) in [7, 11) is 0. The van der Waals surface area contributed by atoms with Gasteiger partial charge in [-0.05, 0) is 85.9 Å². The Labute approximate surface area is 300 Å². The summed E-state index contributed by atoms with van der Waals surface area (Å²) >= 11 is 0. The summed E-state index contributed by atoms with van der Waals surface area (Å²) in [6.07, 6.45) is 0. The molecule has 9 aromatic carbocycles. The average molecular weight is 659 g/mol. The Morgan fingerprint density at radius 1 is 0.288 bits per heavy atom. The first-order valence-corrected chi connectivity index (χ1v) is 18.0. The molecule has 2 aromatic heterocycles. The maximum atomic E-state index is 2.50. The zero-order valence-electron chi connectivity index (χ0n) is 28.2. The van der Waals surface area contributed by atoms with Crippen LogP contribution in [-0.4, -0.2) is 9.13 Å². The highest BCUT2D eigenvalue weighted by atomic mass is 15.0. The van der Waals surface area contributed by atoms with E-state index in [9.17, 15) is 0 Å². The third-order valence-corrected chi connectivity index (χ3v) is 11.4. The largest absolute Gasteiger partial charge is 0.309 e. The summed E-state index contributed by atoms with van der Waals surface area (Å²) in [4.78, 5) is 0. The molecular weight excluding hydrogens is 629 g/mol. The average Bonchev–Trinajstić information content (AvgIpc) is 3.85. The quantitative estimate of drug-likeness (QED) is 0.179. The summed E-state index contributed by atoms with van der Waals surface area (Å²) in [6.45, 7) is 0. The molecule has 52 heavy (non-hydrogen) atoms. The minimum absolute atomic E-state index is 1.15. The van der Waals surface area contributed by atoms with Gasteiger partial charge in [-0.1, -0.05) is 146 Å². The molecule has 0 unspecified atom stereocenters. The molecule has 2 nitrogen and oxygen atoms in total. The number of aromatic nitrogens is 2. The van der Waals surface area contributed by atoms with E-state index in [0.29, 0.717) is 0 Å². The topological polar surface area (TPSA) is 9.86 Å². The Morgan fingerprint density at radius 2 is 0.923 bits per heavy atom. The van der Waals surface area contributed by atoms with E-state index in [-0.39, 0.29) is 0 Å². The zero-order valence-corrected chi connectivity index (χ0v) is 28.2. The van der Waals surface area contributed by atoms with Crippen LogP contribution >= 0.6 is 0 Å². The van der Waals surface area contributed by atoms with Crippen molar-refractivity contribution < 1.29 is 0 Å². The lowest BCUT2D eigenvalue weighted by atomic mass is 9.93. The van der Waals surface area contributed by atoms with Crippen LogP contribution in [0.3, 0.4) is 0 Å². The van der Waals surface area contributed by atoms with Gasteiger partial charge in [0.25, 0.3) is 0 Å². The molecule has 11 aromatic rings. The maximum absolute atomic E-state index is 2.50. The molecule has 0 aliphatic heterocycles. The first-order chi connectivity index (χ1) is 25.8. The predicted molar refractivity (Wildman–Crippen MR) is 220 cm³/mol. The molecule has 0 bridgehead atoms. The number of para-hydroxylation sites is 2. The SMILES string of the molecule is c1ccc(-n2c3c4ccccc4ccc3c3ccc4c(c5ccccc5n4-c4ccc(-c5cccc6c5-c5cccc7cccc-6c57)cc4)c32)cc1. The van der Waals surface area contributed by atoms with Crippen molar-refractivity contribution in [3.63, 3.8) is 0 Å². The van der Waals surface area contributed by atoms with Crippen LogP contribution in [0.5, 0.6) is 0 Å². The molecule has 0 N–H and O–H groups in total. The van der Waals surface area contributed by atoms with Crippen molar-refractivity contribution in [1.82, 2.24) is 9.13 Å². The second-order valence-electron chi connectivity index (χ2n) is 14.0. The van der Waals surface area contributed by atoms with Crippen LogP contribution < -0.4 is 0 Å². The Kier molecular flexibility index (Phi) is 5.53. The van der Waals surface area contributed by atoms with Gasteiger partial charge in [-0.3, -0.25) is 0 Å². The molecule has 12 rings (SSSR count). The van der Waals surface area contributed by atoms with E-state index in [1.165, 1.54) is 104 Å². The van der Waals surface area contributed by atoms with Crippen LogP contribution in [0.15, 0.2) is 182 Å². The van der Waals surface area contributed by atoms with Gasteiger partial charge in [0.1, 0.15) is 0 Å². The van der Waals surface area contributed by atoms with Crippen LogP contribution in [0.2, 0.25) is 0 Å². The number of nitrogens with zero attached hydrogens (tertiary/aromatic N) is 2. The molecule has 2 heterocycles. The number of hydrogen-bond acceptors (Lipinski definition) is 0. The third kappa shape index (κ3) is 3.63. The fourth-order valence-electron chi connectivity index (χ4n) is 9.30. The molecule has 0 saturated heterocycles. The second kappa shape index (κ2) is 10.3. The fraction of sp³-hybridized carbons (Fsp3) is 0. The Morgan fingerprint density at radius 3 is 1.79 bits per heavy atom. The summed E-state index contributed by atoms with van der Waals surface area (Å²) in [5, 5.41) is 10.2. The number of benzene rings is 9. The van der Waals surface area contributed by atoms with Gasteiger partial charge in [0.15, 0.2) is 0 Å². The first kappa shape index (κ1) is 27.9. The molecule has 0 fully saturated rings. The van der Waals surface area contributed by atoms with E-state index in [1.807, 2.05) is 0 Å². The van der Waals surface area contributed by atoms with Gasteiger partial charge in [-0.15, -0.1) is 0 Å². The third-order valence-electron chi connectivity index (χ3n) is 11.4. The summed E-state index contributed by atoms with van der Waals surface area (Å²) in [5.41, 5.74) is 15.0. The smallest absolute Gasteiger partial charge is 0.0641 e. The maximum Gasteiger partial charge on any atom is 0.0641 e. The van der Waals surface area contributed by atoms with Crippen LogP contribution in [0, 0.1) is 0 Å². The van der Waals surface area contributed by atoms with Crippen molar-refractivity contribution >= 4 is 65.2 Å². The summed E-state index contributed by atoms with van der Waals surface area (Å²) < 4.78 is 4.95. The van der Waals surface area contributed by atoms with Gasteiger partial charge in [-0.2, -0.15) is 0 Å². The van der Waals surface area contributed by atoms with Crippen molar-refractivity contribution in [2.45, 2.75) is 0 Å². The van der Waals surface area contributed by atoms with Gasteiger partial charge in [-0.25, -0.2) is 0 Å². The summed E-state index contributed by atoms with van der Waals surface area (Å²) in [5.74, 6) is 0. The van der Waals surface area contributed by atoms with Crippen molar-refractivity contribution in [3.8, 4) is 44.8 Å². The number of fused-ring (bicyclic) bond motifs is 12. The molecule has 1 aliphatic rings. The van der Waals surface area contributed by atoms with E-state index >= 15 is 0 Å². The van der Waals surface area contributed by atoms with Crippen LogP contribution in [0.25, 0.3) is 110 Å². The predicted octanol–water partition coefficient (Wildman–Crippen LogP) is 13.5. The normalized spacial score (nSPS) is 12.2. The fourth-order valence-corrected chi connectivity index (χ4v) is 9.30. The molecule has 1 aliphatic carbocycles. The van der Waals surface area contributed by atoms with Crippen LogP contribution in [-0.2, 0) is 0 Å². The number of rotatable bonds is 3. The Bertz CT molecular complexity index is 3260. The van der Waals surface area contributed by atoms with Crippen molar-refractivity contribution in [2.75, 3.05) is 0 Å². The van der Waals surface area contributed by atoms with E-state index in [0.717, 1.165) is 5.69 Å². The second-order valence-corrected chi connectivity index (χ2v) is 14.0. The van der Waals surface area contributed by atoms with Crippen molar-refractivity contribution in [2.24, 2.45) is 0 Å². The molecule has 2 heteroatoms.